The van der Waals surface area contributed by atoms with Crippen LogP contribution in [0.15, 0.2) is 47.1 Å². The molecular formula is C19H21N3O6. The number of benzene rings is 1. The molecule has 148 valence electrons. The Morgan fingerprint density at radius 3 is 2.46 bits per heavy atom. The Balaban J connectivity index is 1.54. The van der Waals surface area contributed by atoms with Gasteiger partial charge in [-0.05, 0) is 30.2 Å². The van der Waals surface area contributed by atoms with E-state index in [1.54, 1.807) is 44.2 Å². The van der Waals surface area contributed by atoms with Crippen molar-refractivity contribution in [2.75, 3.05) is 6.61 Å². The van der Waals surface area contributed by atoms with Crippen LogP contribution in [0.3, 0.4) is 0 Å². The molecule has 1 aromatic carbocycles. The zero-order chi connectivity index (χ0) is 20.1. The van der Waals surface area contributed by atoms with Crippen molar-refractivity contribution in [3.8, 4) is 11.5 Å². The van der Waals surface area contributed by atoms with Crippen LogP contribution in [0.2, 0.25) is 0 Å². The molecule has 1 aliphatic rings. The standard InChI is InChI=1S/C19H21N3O6/c1-11(2)16(20-17(23)14-8-5-9-26-14)19(25)22-21-18(24)15-10-27-12-6-3-4-7-13(12)28-15/h3-9,11,15-16H,10H2,1-2H3,(H,20,23)(H,21,24)(H,22,25). The number of nitrogens with one attached hydrogen (secondary N) is 3. The molecule has 3 N–H and O–H groups in total. The van der Waals surface area contributed by atoms with E-state index in [4.69, 9.17) is 13.9 Å². The van der Waals surface area contributed by atoms with Crippen LogP contribution in [-0.4, -0.2) is 36.5 Å². The summed E-state index contributed by atoms with van der Waals surface area (Å²) >= 11 is 0. The van der Waals surface area contributed by atoms with Crippen molar-refractivity contribution in [1.82, 2.24) is 16.2 Å². The van der Waals surface area contributed by atoms with Crippen LogP contribution in [0.5, 0.6) is 11.5 Å². The van der Waals surface area contributed by atoms with Crippen LogP contribution in [0.1, 0.15) is 24.4 Å². The van der Waals surface area contributed by atoms with E-state index in [9.17, 15) is 14.4 Å². The summed E-state index contributed by atoms with van der Waals surface area (Å²) in [6, 6.07) is 9.17. The molecule has 0 fully saturated rings. The number of rotatable bonds is 5. The predicted octanol–water partition coefficient (Wildman–Crippen LogP) is 1.02. The van der Waals surface area contributed by atoms with Gasteiger partial charge in [0.05, 0.1) is 6.26 Å². The maximum absolute atomic E-state index is 12.4. The number of furan rings is 1. The maximum Gasteiger partial charge on any atom is 0.287 e. The van der Waals surface area contributed by atoms with Crippen molar-refractivity contribution in [2.45, 2.75) is 26.0 Å². The third-order valence-corrected chi connectivity index (χ3v) is 4.09. The van der Waals surface area contributed by atoms with Crippen LogP contribution in [0.4, 0.5) is 0 Å². The molecule has 2 heterocycles. The van der Waals surface area contributed by atoms with E-state index in [1.807, 2.05) is 0 Å². The highest BCUT2D eigenvalue weighted by atomic mass is 16.6. The van der Waals surface area contributed by atoms with E-state index in [0.29, 0.717) is 11.5 Å². The third kappa shape index (κ3) is 4.43. The van der Waals surface area contributed by atoms with Gasteiger partial charge in [-0.3, -0.25) is 25.2 Å². The van der Waals surface area contributed by atoms with E-state index in [2.05, 4.69) is 16.2 Å². The molecule has 28 heavy (non-hydrogen) atoms. The second-order valence-corrected chi connectivity index (χ2v) is 6.52. The number of ether oxygens (including phenoxy) is 2. The van der Waals surface area contributed by atoms with Crippen LogP contribution < -0.4 is 25.6 Å². The summed E-state index contributed by atoms with van der Waals surface area (Å²) in [7, 11) is 0. The number of carbonyl (C=O) groups excluding carboxylic acids is 3. The smallest absolute Gasteiger partial charge is 0.287 e. The minimum Gasteiger partial charge on any atom is -0.485 e. The van der Waals surface area contributed by atoms with Crippen molar-refractivity contribution in [1.29, 1.82) is 0 Å². The highest BCUT2D eigenvalue weighted by Crippen LogP contribution is 2.30. The van der Waals surface area contributed by atoms with Crippen molar-refractivity contribution in [3.05, 3.63) is 48.4 Å². The van der Waals surface area contributed by atoms with E-state index in [0.717, 1.165) is 0 Å². The van der Waals surface area contributed by atoms with Crippen LogP contribution in [0, 0.1) is 5.92 Å². The summed E-state index contributed by atoms with van der Waals surface area (Å²) in [5.41, 5.74) is 4.62. The van der Waals surface area contributed by atoms with Gasteiger partial charge < -0.3 is 19.2 Å². The first-order valence-electron chi connectivity index (χ1n) is 8.78. The van der Waals surface area contributed by atoms with Gasteiger partial charge in [0.25, 0.3) is 17.7 Å². The number of amides is 3. The molecule has 1 aliphatic heterocycles. The van der Waals surface area contributed by atoms with E-state index in [1.165, 1.54) is 12.3 Å². The molecule has 0 radical (unpaired) electrons. The average Bonchev–Trinajstić information content (AvgIpc) is 3.24. The lowest BCUT2D eigenvalue weighted by atomic mass is 10.0. The Bertz CT molecular complexity index is 849. The van der Waals surface area contributed by atoms with E-state index < -0.39 is 29.9 Å². The van der Waals surface area contributed by atoms with Crippen LogP contribution in [0.25, 0.3) is 0 Å². The Morgan fingerprint density at radius 1 is 1.04 bits per heavy atom. The minimum absolute atomic E-state index is 0.0154. The van der Waals surface area contributed by atoms with Crippen molar-refractivity contribution >= 4 is 17.7 Å². The summed E-state index contributed by atoms with van der Waals surface area (Å²) in [5.74, 6) is -0.790. The number of carbonyl (C=O) groups is 3. The predicted molar refractivity (Wildman–Crippen MR) is 97.4 cm³/mol. The molecule has 0 spiro atoms. The SMILES string of the molecule is CC(C)C(NC(=O)c1ccco1)C(=O)NNC(=O)C1COc2ccccc2O1. The lowest BCUT2D eigenvalue weighted by molar-refractivity contribution is -0.135. The van der Waals surface area contributed by atoms with Crippen LogP contribution in [-0.2, 0) is 9.59 Å². The van der Waals surface area contributed by atoms with Gasteiger partial charge in [-0.15, -0.1) is 0 Å². The Labute approximate surface area is 161 Å². The van der Waals surface area contributed by atoms with Crippen molar-refractivity contribution in [2.24, 2.45) is 5.92 Å². The summed E-state index contributed by atoms with van der Waals surface area (Å²) < 4.78 is 16.1. The number of hydrazine groups is 1. The van der Waals surface area contributed by atoms with Crippen LogP contribution >= 0.6 is 0 Å². The first kappa shape index (κ1) is 19.3. The molecule has 3 rings (SSSR count). The second kappa shape index (κ2) is 8.47. The molecule has 0 saturated carbocycles. The lowest BCUT2D eigenvalue weighted by Crippen LogP contribution is -2.57. The highest BCUT2D eigenvalue weighted by molar-refractivity contribution is 5.96. The largest absolute Gasteiger partial charge is 0.485 e. The summed E-state index contributed by atoms with van der Waals surface area (Å²) in [6.45, 7) is 3.55. The van der Waals surface area contributed by atoms with Crippen molar-refractivity contribution in [3.63, 3.8) is 0 Å². The fourth-order valence-electron chi connectivity index (χ4n) is 2.59. The highest BCUT2D eigenvalue weighted by Gasteiger charge is 2.30. The molecule has 3 amide bonds. The molecule has 2 unspecified atom stereocenters. The van der Waals surface area contributed by atoms with E-state index >= 15 is 0 Å². The van der Waals surface area contributed by atoms with Gasteiger partial charge in [0, 0.05) is 0 Å². The number of fused-ring (bicyclic) bond motifs is 1. The molecule has 0 saturated heterocycles. The lowest BCUT2D eigenvalue weighted by Gasteiger charge is -2.26. The molecular weight excluding hydrogens is 366 g/mol. The normalized spacial score (nSPS) is 16.2. The molecule has 0 bridgehead atoms. The Morgan fingerprint density at radius 2 is 1.79 bits per heavy atom. The van der Waals surface area contributed by atoms with E-state index in [-0.39, 0.29) is 18.3 Å². The Hall–Kier alpha value is -3.49. The molecule has 9 heteroatoms. The molecule has 9 nitrogen and oxygen atoms in total. The summed E-state index contributed by atoms with van der Waals surface area (Å²) in [5, 5.41) is 2.58. The van der Waals surface area contributed by atoms with Gasteiger partial charge in [0.2, 0.25) is 6.10 Å². The quantitative estimate of drug-likeness (QED) is 0.659. The number of hydrogen-bond acceptors (Lipinski definition) is 6. The number of para-hydroxylation sites is 2. The van der Waals surface area contributed by atoms with Gasteiger partial charge in [0.1, 0.15) is 12.6 Å². The van der Waals surface area contributed by atoms with Gasteiger partial charge in [-0.25, -0.2) is 0 Å². The monoisotopic (exact) mass is 387 g/mol. The van der Waals surface area contributed by atoms with Gasteiger partial charge in [-0.1, -0.05) is 26.0 Å². The zero-order valence-electron chi connectivity index (χ0n) is 15.4. The summed E-state index contributed by atoms with van der Waals surface area (Å²) in [6.07, 6.45) is 0.453. The topological polar surface area (TPSA) is 119 Å². The average molecular weight is 387 g/mol. The first-order chi connectivity index (χ1) is 13.5. The Kier molecular flexibility index (Phi) is 5.83. The second-order valence-electron chi connectivity index (χ2n) is 6.52. The minimum atomic E-state index is -0.912. The van der Waals surface area contributed by atoms with Gasteiger partial charge in [-0.2, -0.15) is 0 Å². The van der Waals surface area contributed by atoms with Gasteiger partial charge in [0.15, 0.2) is 17.3 Å². The molecule has 1 aromatic heterocycles. The van der Waals surface area contributed by atoms with Gasteiger partial charge >= 0.3 is 0 Å². The summed E-state index contributed by atoms with van der Waals surface area (Å²) in [4.78, 5) is 36.8. The third-order valence-electron chi connectivity index (χ3n) is 4.09. The molecule has 2 aromatic rings. The molecule has 2 atom stereocenters. The van der Waals surface area contributed by atoms with Crippen molar-refractivity contribution < 1.29 is 28.3 Å². The number of hydrogen-bond donors (Lipinski definition) is 3. The fourth-order valence-corrected chi connectivity index (χ4v) is 2.59. The fraction of sp³-hybridized carbons (Fsp3) is 0.316. The molecule has 0 aliphatic carbocycles. The maximum atomic E-state index is 12.4. The first-order valence-corrected chi connectivity index (χ1v) is 8.78. The zero-order valence-corrected chi connectivity index (χ0v) is 15.4.